The zero-order valence-electron chi connectivity index (χ0n) is 12.2. The van der Waals surface area contributed by atoms with Crippen molar-refractivity contribution >= 4 is 0 Å². The Kier molecular flexibility index (Phi) is 5.56. The highest BCUT2D eigenvalue weighted by Gasteiger charge is 2.05. The van der Waals surface area contributed by atoms with Gasteiger partial charge in [0, 0.05) is 18.4 Å². The molecular weight excluding hydrogens is 248 g/mol. The van der Waals surface area contributed by atoms with E-state index in [1.54, 1.807) is 12.4 Å². The van der Waals surface area contributed by atoms with Gasteiger partial charge in [-0.15, -0.1) is 0 Å². The van der Waals surface area contributed by atoms with Crippen LogP contribution in [0.15, 0.2) is 48.8 Å². The van der Waals surface area contributed by atoms with Gasteiger partial charge < -0.3 is 10.1 Å². The van der Waals surface area contributed by atoms with Gasteiger partial charge in [-0.1, -0.05) is 19.1 Å². The second-order valence-corrected chi connectivity index (χ2v) is 4.89. The SMILES string of the molecule is CCCNC(C)c1cccc(OCc2ccncc2)c1. The molecule has 0 spiro atoms. The molecule has 1 aromatic heterocycles. The Morgan fingerprint density at radius 2 is 2.00 bits per heavy atom. The van der Waals surface area contributed by atoms with Crippen LogP contribution in [0.3, 0.4) is 0 Å². The van der Waals surface area contributed by atoms with E-state index in [1.807, 2.05) is 24.3 Å². The predicted molar refractivity (Wildman–Crippen MR) is 81.7 cm³/mol. The maximum atomic E-state index is 5.83. The average molecular weight is 270 g/mol. The van der Waals surface area contributed by atoms with E-state index in [0.717, 1.165) is 24.3 Å². The van der Waals surface area contributed by atoms with Gasteiger partial charge in [0.25, 0.3) is 0 Å². The minimum absolute atomic E-state index is 0.347. The molecule has 1 atom stereocenters. The Labute approximate surface area is 121 Å². The summed E-state index contributed by atoms with van der Waals surface area (Å²) in [7, 11) is 0. The van der Waals surface area contributed by atoms with E-state index in [9.17, 15) is 0 Å². The lowest BCUT2D eigenvalue weighted by Gasteiger charge is -2.15. The van der Waals surface area contributed by atoms with E-state index < -0.39 is 0 Å². The first-order valence-electron chi connectivity index (χ1n) is 7.14. The summed E-state index contributed by atoms with van der Waals surface area (Å²) in [5.74, 6) is 0.907. The fourth-order valence-electron chi connectivity index (χ4n) is 2.00. The van der Waals surface area contributed by atoms with Crippen molar-refractivity contribution in [3.8, 4) is 5.75 Å². The molecule has 20 heavy (non-hydrogen) atoms. The summed E-state index contributed by atoms with van der Waals surface area (Å²) in [5.41, 5.74) is 2.38. The van der Waals surface area contributed by atoms with Crippen LogP contribution in [0.4, 0.5) is 0 Å². The van der Waals surface area contributed by atoms with Crippen LogP contribution in [0.5, 0.6) is 5.75 Å². The van der Waals surface area contributed by atoms with Crippen LogP contribution in [-0.2, 0) is 6.61 Å². The van der Waals surface area contributed by atoms with E-state index in [-0.39, 0.29) is 0 Å². The van der Waals surface area contributed by atoms with Crippen LogP contribution in [0.1, 0.15) is 37.4 Å². The molecule has 3 nitrogen and oxygen atoms in total. The molecule has 1 N–H and O–H groups in total. The Morgan fingerprint density at radius 1 is 1.20 bits per heavy atom. The van der Waals surface area contributed by atoms with Crippen LogP contribution in [0.25, 0.3) is 0 Å². The second kappa shape index (κ2) is 7.65. The summed E-state index contributed by atoms with van der Waals surface area (Å²) in [6.07, 6.45) is 4.71. The molecule has 0 aliphatic rings. The van der Waals surface area contributed by atoms with Crippen LogP contribution in [0, 0.1) is 0 Å². The number of nitrogens with one attached hydrogen (secondary N) is 1. The number of rotatable bonds is 7. The van der Waals surface area contributed by atoms with Gasteiger partial charge in [0.1, 0.15) is 12.4 Å². The summed E-state index contributed by atoms with van der Waals surface area (Å²) < 4.78 is 5.83. The van der Waals surface area contributed by atoms with Gasteiger partial charge in [-0.05, 0) is 55.3 Å². The molecule has 0 fully saturated rings. The predicted octanol–water partition coefficient (Wildman–Crippen LogP) is 3.72. The van der Waals surface area contributed by atoms with Crippen molar-refractivity contribution in [2.24, 2.45) is 0 Å². The van der Waals surface area contributed by atoms with E-state index >= 15 is 0 Å². The van der Waals surface area contributed by atoms with Gasteiger partial charge >= 0.3 is 0 Å². The molecule has 0 radical (unpaired) electrons. The first-order chi connectivity index (χ1) is 9.79. The van der Waals surface area contributed by atoms with Crippen LogP contribution in [0.2, 0.25) is 0 Å². The van der Waals surface area contributed by atoms with E-state index in [1.165, 1.54) is 5.56 Å². The van der Waals surface area contributed by atoms with Crippen molar-refractivity contribution < 1.29 is 4.74 Å². The largest absolute Gasteiger partial charge is 0.489 e. The normalized spacial score (nSPS) is 12.1. The minimum atomic E-state index is 0.347. The summed E-state index contributed by atoms with van der Waals surface area (Å²) >= 11 is 0. The minimum Gasteiger partial charge on any atom is -0.489 e. The molecule has 2 rings (SSSR count). The van der Waals surface area contributed by atoms with Gasteiger partial charge in [0.2, 0.25) is 0 Å². The average Bonchev–Trinajstić information content (AvgIpc) is 2.52. The van der Waals surface area contributed by atoms with Gasteiger partial charge in [-0.25, -0.2) is 0 Å². The number of hydrogen-bond donors (Lipinski definition) is 1. The third-order valence-electron chi connectivity index (χ3n) is 3.21. The van der Waals surface area contributed by atoms with Gasteiger partial charge in [-0.3, -0.25) is 4.98 Å². The second-order valence-electron chi connectivity index (χ2n) is 4.89. The monoisotopic (exact) mass is 270 g/mol. The number of aromatic nitrogens is 1. The summed E-state index contributed by atoms with van der Waals surface area (Å²) in [5, 5.41) is 3.49. The Balaban J connectivity index is 1.95. The number of pyridine rings is 1. The molecule has 0 aliphatic carbocycles. The topological polar surface area (TPSA) is 34.1 Å². The van der Waals surface area contributed by atoms with Gasteiger partial charge in [0.05, 0.1) is 0 Å². The first kappa shape index (κ1) is 14.5. The smallest absolute Gasteiger partial charge is 0.120 e. The molecule has 1 aromatic carbocycles. The van der Waals surface area contributed by atoms with Gasteiger partial charge in [-0.2, -0.15) is 0 Å². The molecule has 0 saturated heterocycles. The number of nitrogens with zero attached hydrogens (tertiary/aromatic N) is 1. The van der Waals surface area contributed by atoms with E-state index in [0.29, 0.717) is 12.6 Å². The molecule has 0 aliphatic heterocycles. The molecule has 1 heterocycles. The Morgan fingerprint density at radius 3 is 2.75 bits per heavy atom. The first-order valence-corrected chi connectivity index (χ1v) is 7.14. The molecule has 0 saturated carbocycles. The third-order valence-corrected chi connectivity index (χ3v) is 3.21. The quantitative estimate of drug-likeness (QED) is 0.832. The number of hydrogen-bond acceptors (Lipinski definition) is 3. The standard InChI is InChI=1S/C17H22N2O/c1-3-9-19-14(2)16-5-4-6-17(12-16)20-13-15-7-10-18-11-8-15/h4-8,10-12,14,19H,3,9,13H2,1-2H3. The summed E-state index contributed by atoms with van der Waals surface area (Å²) in [4.78, 5) is 4.00. The summed E-state index contributed by atoms with van der Waals surface area (Å²) in [6, 6.07) is 12.6. The molecule has 3 heteroatoms. The number of benzene rings is 1. The number of ether oxygens (including phenoxy) is 1. The molecule has 2 aromatic rings. The van der Waals surface area contributed by atoms with Crippen molar-refractivity contribution in [1.82, 2.24) is 10.3 Å². The maximum absolute atomic E-state index is 5.83. The lowest BCUT2D eigenvalue weighted by molar-refractivity contribution is 0.305. The van der Waals surface area contributed by atoms with Crippen LogP contribution >= 0.6 is 0 Å². The molecule has 1 unspecified atom stereocenters. The fraction of sp³-hybridized carbons (Fsp3) is 0.353. The lowest BCUT2D eigenvalue weighted by Crippen LogP contribution is -2.19. The fourth-order valence-corrected chi connectivity index (χ4v) is 2.00. The van der Waals surface area contributed by atoms with Crippen LogP contribution < -0.4 is 10.1 Å². The molecular formula is C17H22N2O. The zero-order chi connectivity index (χ0) is 14.2. The van der Waals surface area contributed by atoms with E-state index in [4.69, 9.17) is 4.74 Å². The third kappa shape index (κ3) is 4.35. The maximum Gasteiger partial charge on any atom is 0.120 e. The highest BCUT2D eigenvalue weighted by Crippen LogP contribution is 2.20. The van der Waals surface area contributed by atoms with Crippen molar-refractivity contribution in [1.29, 1.82) is 0 Å². The highest BCUT2D eigenvalue weighted by molar-refractivity contribution is 5.30. The molecule has 106 valence electrons. The lowest BCUT2D eigenvalue weighted by atomic mass is 10.1. The summed E-state index contributed by atoms with van der Waals surface area (Å²) in [6.45, 7) is 5.96. The van der Waals surface area contributed by atoms with Crippen molar-refractivity contribution in [3.05, 3.63) is 59.9 Å². The molecule has 0 bridgehead atoms. The Bertz CT molecular complexity index is 513. The van der Waals surface area contributed by atoms with Gasteiger partial charge in [0.15, 0.2) is 0 Å². The molecule has 0 amide bonds. The zero-order valence-corrected chi connectivity index (χ0v) is 12.2. The Hall–Kier alpha value is -1.87. The highest BCUT2D eigenvalue weighted by atomic mass is 16.5. The van der Waals surface area contributed by atoms with Crippen molar-refractivity contribution in [2.75, 3.05) is 6.54 Å². The van der Waals surface area contributed by atoms with Crippen molar-refractivity contribution in [2.45, 2.75) is 32.9 Å². The van der Waals surface area contributed by atoms with E-state index in [2.05, 4.69) is 36.3 Å². The van der Waals surface area contributed by atoms with Crippen LogP contribution in [-0.4, -0.2) is 11.5 Å². The van der Waals surface area contributed by atoms with Crippen molar-refractivity contribution in [3.63, 3.8) is 0 Å².